The summed E-state index contributed by atoms with van der Waals surface area (Å²) in [6.45, 7) is 1.16. The molecule has 1 aliphatic heterocycles. The molecule has 0 amide bonds. The van der Waals surface area contributed by atoms with Crippen LogP contribution in [0.4, 0.5) is 0 Å². The molecular formula is C20H19N3OS. The number of aromatic nitrogens is 1. The van der Waals surface area contributed by atoms with Crippen LogP contribution >= 0.6 is 11.3 Å². The number of nitrogens with one attached hydrogen (secondary N) is 1. The van der Waals surface area contributed by atoms with Crippen molar-refractivity contribution in [3.8, 4) is 0 Å². The molecule has 0 saturated carbocycles. The van der Waals surface area contributed by atoms with E-state index in [9.17, 15) is 5.11 Å². The fourth-order valence-corrected chi connectivity index (χ4v) is 4.18. The van der Waals surface area contributed by atoms with Crippen LogP contribution in [0, 0.1) is 5.41 Å². The first-order valence-electron chi connectivity index (χ1n) is 8.38. The average molecular weight is 349 g/mol. The number of para-hydroxylation sites is 1. The molecular weight excluding hydrogens is 330 g/mol. The Balaban J connectivity index is 1.46. The van der Waals surface area contributed by atoms with E-state index in [0.717, 1.165) is 34.6 Å². The van der Waals surface area contributed by atoms with Gasteiger partial charge in [0.05, 0.1) is 22.3 Å². The van der Waals surface area contributed by atoms with Crippen molar-refractivity contribution in [3.63, 3.8) is 0 Å². The van der Waals surface area contributed by atoms with E-state index in [-0.39, 0.29) is 5.76 Å². The van der Waals surface area contributed by atoms with E-state index in [2.05, 4.69) is 17.1 Å². The quantitative estimate of drug-likeness (QED) is 0.713. The summed E-state index contributed by atoms with van der Waals surface area (Å²) in [7, 11) is 0. The topological polar surface area (TPSA) is 60.2 Å². The Bertz CT molecular complexity index is 913. The van der Waals surface area contributed by atoms with Crippen LogP contribution < -0.4 is 0 Å². The molecule has 25 heavy (non-hydrogen) atoms. The largest absolute Gasteiger partial charge is 0.510 e. The van der Waals surface area contributed by atoms with Gasteiger partial charge in [0.25, 0.3) is 0 Å². The molecule has 0 bridgehead atoms. The molecule has 0 saturated heterocycles. The number of hydrogen-bond donors (Lipinski definition) is 2. The molecule has 0 unspecified atom stereocenters. The number of benzene rings is 2. The predicted octanol–water partition coefficient (Wildman–Crippen LogP) is 4.49. The number of aliphatic hydroxyl groups excluding tert-OH is 1. The minimum absolute atomic E-state index is 0.253. The predicted molar refractivity (Wildman–Crippen MR) is 103 cm³/mol. The van der Waals surface area contributed by atoms with Gasteiger partial charge in [-0.2, -0.15) is 0 Å². The van der Waals surface area contributed by atoms with Gasteiger partial charge in [0.1, 0.15) is 16.6 Å². The molecule has 2 N–H and O–H groups in total. The van der Waals surface area contributed by atoms with Crippen LogP contribution in [-0.2, 0) is 6.42 Å². The number of aryl methyl sites for hydroxylation is 1. The second-order valence-corrected chi connectivity index (χ2v) is 7.20. The third kappa shape index (κ3) is 3.15. The van der Waals surface area contributed by atoms with Crippen LogP contribution in [0.15, 0.2) is 60.4 Å². The first-order valence-corrected chi connectivity index (χ1v) is 9.20. The summed E-state index contributed by atoms with van der Waals surface area (Å²) in [5.74, 6) is 0.633. The standard InChI is InChI=1S/C20H19N3OS/c21-19-18(20-22-15-10-4-5-11-17(15)25-20)16(24)13-23(19)12-6-9-14-7-2-1-3-8-14/h1-5,7-8,10-11,21,24H,6,9,12-13H2. The van der Waals surface area contributed by atoms with Crippen molar-refractivity contribution in [2.24, 2.45) is 0 Å². The second kappa shape index (κ2) is 6.69. The highest BCUT2D eigenvalue weighted by molar-refractivity contribution is 7.19. The zero-order valence-corrected chi connectivity index (χ0v) is 14.6. The zero-order valence-electron chi connectivity index (χ0n) is 13.8. The van der Waals surface area contributed by atoms with Gasteiger partial charge in [0, 0.05) is 6.54 Å². The van der Waals surface area contributed by atoms with Gasteiger partial charge in [0.2, 0.25) is 0 Å². The molecule has 0 radical (unpaired) electrons. The summed E-state index contributed by atoms with van der Waals surface area (Å²) in [5.41, 5.74) is 2.80. The minimum atomic E-state index is 0.253. The number of nitrogens with zero attached hydrogens (tertiary/aromatic N) is 2. The van der Waals surface area contributed by atoms with Gasteiger partial charge in [-0.1, -0.05) is 42.5 Å². The van der Waals surface area contributed by atoms with Crippen molar-refractivity contribution in [3.05, 3.63) is 70.9 Å². The molecule has 5 heteroatoms. The minimum Gasteiger partial charge on any atom is -0.510 e. The number of amidine groups is 1. The number of aliphatic hydroxyl groups is 1. The van der Waals surface area contributed by atoms with Crippen molar-refractivity contribution >= 4 is 33.0 Å². The Morgan fingerprint density at radius 2 is 1.84 bits per heavy atom. The summed E-state index contributed by atoms with van der Waals surface area (Å²) in [5, 5.41) is 19.6. The Kier molecular flexibility index (Phi) is 4.24. The fourth-order valence-electron chi connectivity index (χ4n) is 3.15. The SMILES string of the molecule is N=C1C(c2nc3ccccc3s2)=C(O)CN1CCCc1ccccc1. The first-order chi connectivity index (χ1) is 12.2. The van der Waals surface area contributed by atoms with Crippen molar-refractivity contribution in [2.45, 2.75) is 12.8 Å². The number of fused-ring (bicyclic) bond motifs is 1. The molecule has 2 aromatic carbocycles. The lowest BCUT2D eigenvalue weighted by Gasteiger charge is -2.18. The molecule has 2 heterocycles. The van der Waals surface area contributed by atoms with Crippen LogP contribution in [0.5, 0.6) is 0 Å². The van der Waals surface area contributed by atoms with Crippen molar-refractivity contribution in [1.29, 1.82) is 5.41 Å². The Morgan fingerprint density at radius 1 is 1.08 bits per heavy atom. The summed E-state index contributed by atoms with van der Waals surface area (Å²) >= 11 is 1.53. The van der Waals surface area contributed by atoms with Gasteiger partial charge >= 0.3 is 0 Å². The normalized spacial score (nSPS) is 14.7. The van der Waals surface area contributed by atoms with Crippen LogP contribution in [0.25, 0.3) is 15.8 Å². The van der Waals surface area contributed by atoms with Crippen LogP contribution in [0.3, 0.4) is 0 Å². The maximum Gasteiger partial charge on any atom is 0.135 e. The first kappa shape index (κ1) is 15.8. The van der Waals surface area contributed by atoms with E-state index in [0.29, 0.717) is 18.0 Å². The van der Waals surface area contributed by atoms with Gasteiger partial charge in [0.15, 0.2) is 0 Å². The summed E-state index contributed by atoms with van der Waals surface area (Å²) in [4.78, 5) is 6.52. The van der Waals surface area contributed by atoms with Gasteiger partial charge in [-0.25, -0.2) is 4.98 Å². The average Bonchev–Trinajstić information content (AvgIpc) is 3.16. The molecule has 126 valence electrons. The third-order valence-corrected chi connectivity index (χ3v) is 5.48. The number of thiazole rings is 1. The molecule has 0 aliphatic carbocycles. The van der Waals surface area contributed by atoms with E-state index in [1.54, 1.807) is 0 Å². The monoisotopic (exact) mass is 349 g/mol. The molecule has 0 spiro atoms. The van der Waals surface area contributed by atoms with Crippen LogP contribution in [0.2, 0.25) is 0 Å². The number of rotatable bonds is 5. The lowest BCUT2D eigenvalue weighted by molar-refractivity contribution is 0.347. The molecule has 1 aromatic heterocycles. The molecule has 4 nitrogen and oxygen atoms in total. The highest BCUT2D eigenvalue weighted by atomic mass is 32.1. The van der Waals surface area contributed by atoms with E-state index in [1.165, 1.54) is 16.9 Å². The fraction of sp³-hybridized carbons (Fsp3) is 0.200. The number of hydrogen-bond acceptors (Lipinski definition) is 4. The van der Waals surface area contributed by atoms with Gasteiger partial charge < -0.3 is 10.0 Å². The van der Waals surface area contributed by atoms with Gasteiger partial charge in [-0.15, -0.1) is 11.3 Å². The third-order valence-electron chi connectivity index (χ3n) is 4.43. The lowest BCUT2D eigenvalue weighted by Crippen LogP contribution is -2.28. The Hall–Kier alpha value is -2.66. The highest BCUT2D eigenvalue weighted by Gasteiger charge is 2.29. The molecule has 3 aromatic rings. The van der Waals surface area contributed by atoms with Gasteiger partial charge in [-0.3, -0.25) is 5.41 Å². The summed E-state index contributed by atoms with van der Waals surface area (Å²) < 4.78 is 1.08. The van der Waals surface area contributed by atoms with Crippen molar-refractivity contribution in [2.75, 3.05) is 13.1 Å². The van der Waals surface area contributed by atoms with Crippen LogP contribution in [0.1, 0.15) is 17.0 Å². The van der Waals surface area contributed by atoms with Gasteiger partial charge in [-0.05, 0) is 30.5 Å². The Morgan fingerprint density at radius 3 is 2.64 bits per heavy atom. The smallest absolute Gasteiger partial charge is 0.135 e. The van der Waals surface area contributed by atoms with Crippen LogP contribution in [-0.4, -0.2) is 33.9 Å². The molecule has 1 aliphatic rings. The van der Waals surface area contributed by atoms with E-state index in [1.807, 2.05) is 47.4 Å². The molecule has 0 fully saturated rings. The maximum atomic E-state index is 10.4. The summed E-state index contributed by atoms with van der Waals surface area (Å²) in [6.07, 6.45) is 1.93. The zero-order chi connectivity index (χ0) is 17.2. The Labute approximate surface area is 150 Å². The molecule has 4 rings (SSSR count). The highest BCUT2D eigenvalue weighted by Crippen LogP contribution is 2.33. The maximum absolute atomic E-state index is 10.4. The van der Waals surface area contributed by atoms with Crippen molar-refractivity contribution < 1.29 is 5.11 Å². The second-order valence-electron chi connectivity index (χ2n) is 6.17. The van der Waals surface area contributed by atoms with E-state index in [4.69, 9.17) is 5.41 Å². The molecule has 0 atom stereocenters. The van der Waals surface area contributed by atoms with Crippen molar-refractivity contribution in [1.82, 2.24) is 9.88 Å². The van der Waals surface area contributed by atoms with E-state index < -0.39 is 0 Å². The summed E-state index contributed by atoms with van der Waals surface area (Å²) in [6, 6.07) is 18.3. The van der Waals surface area contributed by atoms with E-state index >= 15 is 0 Å². The lowest BCUT2D eigenvalue weighted by atomic mass is 10.1.